The van der Waals surface area contributed by atoms with Crippen molar-refractivity contribution in [3.8, 4) is 5.75 Å². The van der Waals surface area contributed by atoms with E-state index in [0.29, 0.717) is 13.2 Å². The van der Waals surface area contributed by atoms with Gasteiger partial charge in [0, 0.05) is 18.2 Å². The molecule has 0 aliphatic rings. The van der Waals surface area contributed by atoms with E-state index in [2.05, 4.69) is 0 Å². The molecule has 0 fully saturated rings. The molecule has 90 valence electrons. The molecule has 2 unspecified atom stereocenters. The highest BCUT2D eigenvalue weighted by molar-refractivity contribution is 5.35. The van der Waals surface area contributed by atoms with Gasteiger partial charge in [-0.1, -0.05) is 18.2 Å². The van der Waals surface area contributed by atoms with Crippen LogP contribution in [0.5, 0.6) is 5.75 Å². The molecule has 0 saturated carbocycles. The van der Waals surface area contributed by atoms with Crippen LogP contribution in [-0.2, 0) is 4.74 Å². The maximum absolute atomic E-state index is 5.88. The average molecular weight is 223 g/mol. The summed E-state index contributed by atoms with van der Waals surface area (Å²) in [6, 6.07) is 7.84. The van der Waals surface area contributed by atoms with E-state index in [4.69, 9.17) is 15.2 Å². The normalized spacial score (nSPS) is 14.5. The summed E-state index contributed by atoms with van der Waals surface area (Å²) in [7, 11) is 0. The van der Waals surface area contributed by atoms with Crippen molar-refractivity contribution < 1.29 is 9.47 Å². The van der Waals surface area contributed by atoms with Crippen LogP contribution >= 0.6 is 0 Å². The molecule has 0 saturated heterocycles. The third kappa shape index (κ3) is 3.83. The third-order valence-corrected chi connectivity index (χ3v) is 2.29. The van der Waals surface area contributed by atoms with Gasteiger partial charge in [-0.25, -0.2) is 0 Å². The fourth-order valence-electron chi connectivity index (χ4n) is 1.50. The lowest BCUT2D eigenvalue weighted by Crippen LogP contribution is -2.20. The van der Waals surface area contributed by atoms with E-state index < -0.39 is 0 Å². The Morgan fingerprint density at radius 3 is 2.56 bits per heavy atom. The molecule has 0 radical (unpaired) electrons. The second kappa shape index (κ2) is 6.51. The largest absolute Gasteiger partial charge is 0.488 e. The highest BCUT2D eigenvalue weighted by atomic mass is 16.5. The summed E-state index contributed by atoms with van der Waals surface area (Å²) in [4.78, 5) is 0. The van der Waals surface area contributed by atoms with Crippen LogP contribution in [0, 0.1) is 0 Å². The van der Waals surface area contributed by atoms with Gasteiger partial charge in [0.1, 0.15) is 11.9 Å². The molecule has 0 amide bonds. The topological polar surface area (TPSA) is 44.5 Å². The zero-order valence-electron chi connectivity index (χ0n) is 10.3. The van der Waals surface area contributed by atoms with E-state index in [0.717, 1.165) is 11.3 Å². The van der Waals surface area contributed by atoms with Crippen molar-refractivity contribution in [2.45, 2.75) is 32.9 Å². The number of hydrogen-bond donors (Lipinski definition) is 1. The van der Waals surface area contributed by atoms with E-state index in [1.165, 1.54) is 0 Å². The van der Waals surface area contributed by atoms with E-state index in [9.17, 15) is 0 Å². The summed E-state index contributed by atoms with van der Waals surface area (Å²) in [6.45, 7) is 7.23. The first kappa shape index (κ1) is 13.0. The number of nitrogens with two attached hydrogens (primary N) is 1. The van der Waals surface area contributed by atoms with Crippen LogP contribution in [0.15, 0.2) is 24.3 Å². The average Bonchev–Trinajstić information content (AvgIpc) is 2.27. The van der Waals surface area contributed by atoms with Gasteiger partial charge in [0.2, 0.25) is 0 Å². The SMILES string of the molecule is CCOCC(C)Oc1ccccc1C(C)N. The second-order valence-corrected chi connectivity index (χ2v) is 3.91. The van der Waals surface area contributed by atoms with Crippen LogP contribution in [0.4, 0.5) is 0 Å². The molecule has 2 N–H and O–H groups in total. The van der Waals surface area contributed by atoms with Crippen molar-refractivity contribution in [2.75, 3.05) is 13.2 Å². The summed E-state index contributed by atoms with van der Waals surface area (Å²) < 4.78 is 11.1. The number of ether oxygens (including phenoxy) is 2. The third-order valence-electron chi connectivity index (χ3n) is 2.29. The van der Waals surface area contributed by atoms with Gasteiger partial charge in [-0.2, -0.15) is 0 Å². The van der Waals surface area contributed by atoms with Crippen molar-refractivity contribution in [2.24, 2.45) is 5.73 Å². The smallest absolute Gasteiger partial charge is 0.124 e. The molecular formula is C13H21NO2. The summed E-state index contributed by atoms with van der Waals surface area (Å²) >= 11 is 0. The molecule has 16 heavy (non-hydrogen) atoms. The molecule has 2 atom stereocenters. The van der Waals surface area contributed by atoms with Gasteiger partial charge in [-0.05, 0) is 26.8 Å². The Balaban J connectivity index is 2.65. The Kier molecular flexibility index (Phi) is 5.29. The Morgan fingerprint density at radius 1 is 1.25 bits per heavy atom. The quantitative estimate of drug-likeness (QED) is 0.806. The number of hydrogen-bond acceptors (Lipinski definition) is 3. The Bertz CT molecular complexity index is 313. The fourth-order valence-corrected chi connectivity index (χ4v) is 1.50. The molecular weight excluding hydrogens is 202 g/mol. The minimum absolute atomic E-state index is 0.0181. The van der Waals surface area contributed by atoms with Gasteiger partial charge in [0.15, 0.2) is 0 Å². The molecule has 0 spiro atoms. The summed E-state index contributed by atoms with van der Waals surface area (Å²) in [5.74, 6) is 0.852. The Morgan fingerprint density at radius 2 is 1.94 bits per heavy atom. The van der Waals surface area contributed by atoms with E-state index >= 15 is 0 Å². The van der Waals surface area contributed by atoms with Gasteiger partial charge in [0.05, 0.1) is 6.61 Å². The fraction of sp³-hybridized carbons (Fsp3) is 0.538. The molecule has 0 aliphatic heterocycles. The monoisotopic (exact) mass is 223 g/mol. The predicted octanol–water partition coefficient (Wildman–Crippen LogP) is 2.51. The first-order valence-electron chi connectivity index (χ1n) is 5.74. The maximum atomic E-state index is 5.88. The van der Waals surface area contributed by atoms with Crippen LogP contribution in [0.3, 0.4) is 0 Å². The first-order valence-corrected chi connectivity index (χ1v) is 5.74. The lowest BCUT2D eigenvalue weighted by Gasteiger charge is -2.18. The van der Waals surface area contributed by atoms with Crippen LogP contribution in [0.25, 0.3) is 0 Å². The molecule has 0 aromatic heterocycles. The Labute approximate surface area is 97.6 Å². The summed E-state index contributed by atoms with van der Waals surface area (Å²) in [5, 5.41) is 0. The minimum Gasteiger partial charge on any atom is -0.488 e. The first-order chi connectivity index (χ1) is 7.65. The molecule has 0 aliphatic carbocycles. The van der Waals surface area contributed by atoms with Gasteiger partial charge in [0.25, 0.3) is 0 Å². The minimum atomic E-state index is -0.0181. The lowest BCUT2D eigenvalue weighted by molar-refractivity contribution is 0.0651. The molecule has 0 heterocycles. The number of benzene rings is 1. The van der Waals surface area contributed by atoms with Gasteiger partial charge in [-0.15, -0.1) is 0 Å². The number of para-hydroxylation sites is 1. The van der Waals surface area contributed by atoms with Crippen LogP contribution in [0.1, 0.15) is 32.4 Å². The molecule has 1 aromatic carbocycles. The van der Waals surface area contributed by atoms with Crippen molar-refractivity contribution in [3.05, 3.63) is 29.8 Å². The standard InChI is InChI=1S/C13H21NO2/c1-4-15-9-10(2)16-13-8-6-5-7-12(13)11(3)14/h5-8,10-11H,4,9,14H2,1-3H3. The molecule has 3 heteroatoms. The zero-order valence-corrected chi connectivity index (χ0v) is 10.3. The molecule has 1 aromatic rings. The van der Waals surface area contributed by atoms with Crippen molar-refractivity contribution in [3.63, 3.8) is 0 Å². The second-order valence-electron chi connectivity index (χ2n) is 3.91. The lowest BCUT2D eigenvalue weighted by atomic mass is 10.1. The predicted molar refractivity (Wildman–Crippen MR) is 65.6 cm³/mol. The van der Waals surface area contributed by atoms with Gasteiger partial charge < -0.3 is 15.2 Å². The molecule has 0 bridgehead atoms. The van der Waals surface area contributed by atoms with Gasteiger partial charge >= 0.3 is 0 Å². The maximum Gasteiger partial charge on any atom is 0.124 e. The van der Waals surface area contributed by atoms with Crippen molar-refractivity contribution in [1.29, 1.82) is 0 Å². The van der Waals surface area contributed by atoms with Crippen LogP contribution in [0.2, 0.25) is 0 Å². The molecule has 3 nitrogen and oxygen atoms in total. The highest BCUT2D eigenvalue weighted by Crippen LogP contribution is 2.24. The van der Waals surface area contributed by atoms with Crippen LogP contribution < -0.4 is 10.5 Å². The van der Waals surface area contributed by atoms with Crippen molar-refractivity contribution >= 4 is 0 Å². The number of rotatable bonds is 6. The highest BCUT2D eigenvalue weighted by Gasteiger charge is 2.10. The van der Waals surface area contributed by atoms with E-state index in [-0.39, 0.29) is 12.1 Å². The van der Waals surface area contributed by atoms with Crippen molar-refractivity contribution in [1.82, 2.24) is 0 Å². The van der Waals surface area contributed by atoms with E-state index in [1.807, 2.05) is 45.0 Å². The van der Waals surface area contributed by atoms with E-state index in [1.54, 1.807) is 0 Å². The van der Waals surface area contributed by atoms with Gasteiger partial charge in [-0.3, -0.25) is 0 Å². The Hall–Kier alpha value is -1.06. The summed E-state index contributed by atoms with van der Waals surface area (Å²) in [5.41, 5.74) is 6.91. The summed E-state index contributed by atoms with van der Waals surface area (Å²) in [6.07, 6.45) is 0.0415. The molecule has 1 rings (SSSR count). The van der Waals surface area contributed by atoms with Crippen LogP contribution in [-0.4, -0.2) is 19.3 Å². The zero-order chi connectivity index (χ0) is 12.0.